The summed E-state index contributed by atoms with van der Waals surface area (Å²) in [6.45, 7) is 0.524. The van der Waals surface area contributed by atoms with E-state index >= 15 is 0 Å². The third-order valence-electron chi connectivity index (χ3n) is 2.28. The van der Waals surface area contributed by atoms with Crippen molar-refractivity contribution in [3.63, 3.8) is 0 Å². The van der Waals surface area contributed by atoms with E-state index in [1.54, 1.807) is 22.9 Å². The highest BCUT2D eigenvalue weighted by molar-refractivity contribution is 6.16. The maximum absolute atomic E-state index is 13.3. The number of nitrogens with zero attached hydrogens (tertiary/aromatic N) is 4. The number of aromatic nitrogens is 4. The van der Waals surface area contributed by atoms with E-state index in [-0.39, 0.29) is 11.7 Å². The number of benzene rings is 1. The molecule has 84 valence electrons. The molecule has 0 N–H and O–H groups in total. The first-order chi connectivity index (χ1) is 7.81. The normalized spacial score (nSPS) is 10.6. The van der Waals surface area contributed by atoms with Crippen LogP contribution in [-0.4, -0.2) is 20.2 Å². The lowest BCUT2D eigenvalue weighted by Crippen LogP contribution is -2.07. The Morgan fingerprint density at radius 1 is 1.31 bits per heavy atom. The van der Waals surface area contributed by atoms with E-state index in [1.807, 2.05) is 0 Å². The Kier molecular flexibility index (Phi) is 3.46. The van der Waals surface area contributed by atoms with Crippen LogP contribution in [0.15, 0.2) is 24.3 Å². The molecule has 0 radical (unpaired) electrons. The SMILES string of the molecule is Fc1ccccc1CCn1nnnc1CCl. The molecule has 1 aromatic carbocycles. The molecule has 0 saturated carbocycles. The summed E-state index contributed by atoms with van der Waals surface area (Å²) in [6, 6.07) is 6.66. The molecule has 0 unspecified atom stereocenters. The summed E-state index contributed by atoms with van der Waals surface area (Å²) in [7, 11) is 0. The Labute approximate surface area is 97.0 Å². The maximum atomic E-state index is 13.3. The van der Waals surface area contributed by atoms with Crippen molar-refractivity contribution >= 4 is 11.6 Å². The predicted octanol–water partition coefficient (Wildman–Crippen LogP) is 1.79. The van der Waals surface area contributed by atoms with Gasteiger partial charge in [-0.05, 0) is 28.5 Å². The van der Waals surface area contributed by atoms with Gasteiger partial charge < -0.3 is 0 Å². The number of tetrazole rings is 1. The van der Waals surface area contributed by atoms with E-state index in [1.165, 1.54) is 6.07 Å². The topological polar surface area (TPSA) is 43.6 Å². The molecule has 0 amide bonds. The van der Waals surface area contributed by atoms with Gasteiger partial charge in [0.05, 0.1) is 5.88 Å². The standard InChI is InChI=1S/C10H10ClFN4/c11-7-10-13-14-15-16(10)6-5-8-3-1-2-4-9(8)12/h1-4H,5-7H2. The molecule has 6 heteroatoms. The van der Waals surface area contributed by atoms with Crippen molar-refractivity contribution in [3.8, 4) is 0 Å². The minimum Gasteiger partial charge on any atom is -0.228 e. The number of hydrogen-bond donors (Lipinski definition) is 0. The van der Waals surface area contributed by atoms with E-state index in [4.69, 9.17) is 11.6 Å². The van der Waals surface area contributed by atoms with Gasteiger partial charge in [0.1, 0.15) is 5.82 Å². The zero-order chi connectivity index (χ0) is 11.4. The summed E-state index contributed by atoms with van der Waals surface area (Å²) < 4.78 is 14.9. The van der Waals surface area contributed by atoms with Crippen LogP contribution in [0.4, 0.5) is 4.39 Å². The smallest absolute Gasteiger partial charge is 0.166 e. The van der Waals surface area contributed by atoms with Gasteiger partial charge in [-0.25, -0.2) is 9.07 Å². The Hall–Kier alpha value is -1.49. The average Bonchev–Trinajstić information content (AvgIpc) is 2.75. The van der Waals surface area contributed by atoms with Crippen molar-refractivity contribution in [2.24, 2.45) is 0 Å². The Bertz CT molecular complexity index is 471. The first-order valence-electron chi connectivity index (χ1n) is 4.85. The van der Waals surface area contributed by atoms with E-state index < -0.39 is 0 Å². The molecule has 0 atom stereocenters. The number of hydrogen-bond acceptors (Lipinski definition) is 3. The lowest BCUT2D eigenvalue weighted by Gasteiger charge is -2.03. The van der Waals surface area contributed by atoms with Gasteiger partial charge in [-0.2, -0.15) is 0 Å². The third-order valence-corrected chi connectivity index (χ3v) is 2.52. The zero-order valence-electron chi connectivity index (χ0n) is 8.48. The molecule has 0 spiro atoms. The van der Waals surface area contributed by atoms with Crippen LogP contribution in [0.5, 0.6) is 0 Å². The molecule has 4 nitrogen and oxygen atoms in total. The summed E-state index contributed by atoms with van der Waals surface area (Å²) >= 11 is 5.65. The first kappa shape index (κ1) is 11.0. The highest BCUT2D eigenvalue weighted by atomic mass is 35.5. The van der Waals surface area contributed by atoms with Gasteiger partial charge >= 0.3 is 0 Å². The fraction of sp³-hybridized carbons (Fsp3) is 0.300. The van der Waals surface area contributed by atoms with Crippen molar-refractivity contribution in [1.29, 1.82) is 0 Å². The molecular formula is C10H10ClFN4. The van der Waals surface area contributed by atoms with Crippen molar-refractivity contribution in [2.45, 2.75) is 18.8 Å². The number of halogens is 2. The monoisotopic (exact) mass is 240 g/mol. The number of aryl methyl sites for hydroxylation is 2. The molecule has 16 heavy (non-hydrogen) atoms. The van der Waals surface area contributed by atoms with Gasteiger partial charge in [-0.3, -0.25) is 0 Å². The Morgan fingerprint density at radius 3 is 2.88 bits per heavy atom. The molecule has 1 aromatic heterocycles. The number of alkyl halides is 1. The zero-order valence-corrected chi connectivity index (χ0v) is 9.23. The van der Waals surface area contributed by atoms with Crippen molar-refractivity contribution < 1.29 is 4.39 Å². The van der Waals surface area contributed by atoms with Crippen LogP contribution >= 0.6 is 11.6 Å². The second-order valence-electron chi connectivity index (χ2n) is 3.29. The largest absolute Gasteiger partial charge is 0.228 e. The van der Waals surface area contributed by atoms with Gasteiger partial charge in [0.25, 0.3) is 0 Å². The second-order valence-corrected chi connectivity index (χ2v) is 3.56. The minimum absolute atomic E-state index is 0.206. The summed E-state index contributed by atoms with van der Waals surface area (Å²) in [6.07, 6.45) is 0.543. The first-order valence-corrected chi connectivity index (χ1v) is 5.39. The molecule has 0 saturated heterocycles. The summed E-state index contributed by atoms with van der Waals surface area (Å²) in [5.74, 6) is 0.644. The van der Waals surface area contributed by atoms with Crippen molar-refractivity contribution in [2.75, 3.05) is 0 Å². The highest BCUT2D eigenvalue weighted by Crippen LogP contribution is 2.08. The highest BCUT2D eigenvalue weighted by Gasteiger charge is 2.06. The van der Waals surface area contributed by atoms with Gasteiger partial charge in [0.15, 0.2) is 5.82 Å². The van der Waals surface area contributed by atoms with Crippen LogP contribution in [-0.2, 0) is 18.8 Å². The molecule has 0 bridgehead atoms. The molecule has 1 heterocycles. The molecule has 0 fully saturated rings. The summed E-state index contributed by atoms with van der Waals surface area (Å²) in [4.78, 5) is 0. The van der Waals surface area contributed by atoms with Crippen LogP contribution in [0.25, 0.3) is 0 Å². The minimum atomic E-state index is -0.206. The fourth-order valence-electron chi connectivity index (χ4n) is 1.42. The molecular weight excluding hydrogens is 231 g/mol. The van der Waals surface area contributed by atoms with Crippen molar-refractivity contribution in [1.82, 2.24) is 20.2 Å². The van der Waals surface area contributed by atoms with E-state index in [0.29, 0.717) is 24.4 Å². The predicted molar refractivity (Wildman–Crippen MR) is 57.5 cm³/mol. The van der Waals surface area contributed by atoms with Gasteiger partial charge in [-0.15, -0.1) is 16.7 Å². The third kappa shape index (κ3) is 2.36. The van der Waals surface area contributed by atoms with E-state index in [2.05, 4.69) is 15.5 Å². The Balaban J connectivity index is 2.05. The second kappa shape index (κ2) is 5.03. The molecule has 0 aliphatic rings. The van der Waals surface area contributed by atoms with E-state index in [9.17, 15) is 4.39 Å². The molecule has 0 aliphatic carbocycles. The van der Waals surface area contributed by atoms with Gasteiger partial charge in [-0.1, -0.05) is 18.2 Å². The lowest BCUT2D eigenvalue weighted by atomic mass is 10.1. The average molecular weight is 241 g/mol. The fourth-order valence-corrected chi connectivity index (χ4v) is 1.61. The summed E-state index contributed by atoms with van der Waals surface area (Å²) in [5, 5.41) is 11.0. The van der Waals surface area contributed by atoms with Crippen LogP contribution < -0.4 is 0 Å². The maximum Gasteiger partial charge on any atom is 0.166 e. The molecule has 2 aromatic rings. The molecule has 0 aliphatic heterocycles. The van der Waals surface area contributed by atoms with Gasteiger partial charge in [0.2, 0.25) is 0 Å². The quantitative estimate of drug-likeness (QED) is 0.766. The van der Waals surface area contributed by atoms with Crippen LogP contribution in [0, 0.1) is 5.82 Å². The van der Waals surface area contributed by atoms with E-state index in [0.717, 1.165) is 0 Å². The number of rotatable bonds is 4. The van der Waals surface area contributed by atoms with Crippen LogP contribution in [0.1, 0.15) is 11.4 Å². The lowest BCUT2D eigenvalue weighted by molar-refractivity contribution is 0.550. The summed E-state index contributed by atoms with van der Waals surface area (Å²) in [5.41, 5.74) is 0.651. The Morgan fingerprint density at radius 2 is 2.12 bits per heavy atom. The molecule has 2 rings (SSSR count). The van der Waals surface area contributed by atoms with Crippen LogP contribution in [0.2, 0.25) is 0 Å². The van der Waals surface area contributed by atoms with Gasteiger partial charge in [0, 0.05) is 6.54 Å². The van der Waals surface area contributed by atoms with Crippen LogP contribution in [0.3, 0.4) is 0 Å². The van der Waals surface area contributed by atoms with Crippen molar-refractivity contribution in [3.05, 3.63) is 41.5 Å².